The summed E-state index contributed by atoms with van der Waals surface area (Å²) in [7, 11) is -3.31. The van der Waals surface area contributed by atoms with E-state index >= 15 is 0 Å². The molecule has 1 fully saturated rings. The standard InChI is InChI=1S/C18H29N3O3S/c1-16(2)8-9-19-18(22)14-20-10-12-21(13-11-20)25(23,24)15-17-6-4-3-5-7-17/h3-7,16H,8-15H2,1-2H3,(H,19,22). The van der Waals surface area contributed by atoms with Crippen molar-refractivity contribution in [2.24, 2.45) is 5.92 Å². The minimum atomic E-state index is -3.31. The number of benzene rings is 1. The molecule has 7 heteroatoms. The van der Waals surface area contributed by atoms with E-state index in [1.807, 2.05) is 35.2 Å². The number of carbonyl (C=O) groups is 1. The van der Waals surface area contributed by atoms with E-state index in [1.54, 1.807) is 0 Å². The summed E-state index contributed by atoms with van der Waals surface area (Å²) in [5, 5.41) is 2.92. The molecule has 1 aliphatic rings. The first-order valence-corrected chi connectivity index (χ1v) is 10.5. The fourth-order valence-corrected chi connectivity index (χ4v) is 4.32. The summed E-state index contributed by atoms with van der Waals surface area (Å²) in [4.78, 5) is 13.9. The Hall–Kier alpha value is -1.44. The average Bonchev–Trinajstić information content (AvgIpc) is 2.55. The van der Waals surface area contributed by atoms with Crippen LogP contribution in [0.5, 0.6) is 0 Å². The van der Waals surface area contributed by atoms with Crippen LogP contribution in [0.3, 0.4) is 0 Å². The quantitative estimate of drug-likeness (QED) is 0.752. The predicted molar refractivity (Wildman–Crippen MR) is 99.5 cm³/mol. The van der Waals surface area contributed by atoms with Crippen LogP contribution in [0.4, 0.5) is 0 Å². The van der Waals surface area contributed by atoms with E-state index in [4.69, 9.17) is 0 Å². The Morgan fingerprint density at radius 1 is 1.12 bits per heavy atom. The summed E-state index contributed by atoms with van der Waals surface area (Å²) in [5.74, 6) is 0.615. The zero-order valence-electron chi connectivity index (χ0n) is 15.1. The third-order valence-corrected chi connectivity index (χ3v) is 6.18. The number of amides is 1. The third-order valence-electron chi connectivity index (χ3n) is 4.33. The van der Waals surface area contributed by atoms with Gasteiger partial charge in [-0.1, -0.05) is 44.2 Å². The number of hydrogen-bond acceptors (Lipinski definition) is 4. The Labute approximate surface area is 151 Å². The van der Waals surface area contributed by atoms with Crippen molar-refractivity contribution >= 4 is 15.9 Å². The fraction of sp³-hybridized carbons (Fsp3) is 0.611. The molecule has 0 bridgehead atoms. The third kappa shape index (κ3) is 6.76. The van der Waals surface area contributed by atoms with Crippen molar-refractivity contribution in [3.05, 3.63) is 35.9 Å². The van der Waals surface area contributed by atoms with E-state index in [0.29, 0.717) is 45.2 Å². The summed E-state index contributed by atoms with van der Waals surface area (Å²) in [6, 6.07) is 9.23. The molecule has 1 aromatic carbocycles. The molecule has 0 atom stereocenters. The maximum Gasteiger partial charge on any atom is 0.234 e. The Balaban J connectivity index is 1.76. The number of sulfonamides is 1. The van der Waals surface area contributed by atoms with Gasteiger partial charge >= 0.3 is 0 Å². The lowest BCUT2D eigenvalue weighted by atomic mass is 10.1. The highest BCUT2D eigenvalue weighted by Crippen LogP contribution is 2.13. The maximum atomic E-state index is 12.5. The highest BCUT2D eigenvalue weighted by molar-refractivity contribution is 7.88. The molecule has 1 aliphatic heterocycles. The van der Waals surface area contributed by atoms with Gasteiger partial charge in [0.15, 0.2) is 0 Å². The summed E-state index contributed by atoms with van der Waals surface area (Å²) in [6.45, 7) is 7.34. The van der Waals surface area contributed by atoms with Crippen LogP contribution < -0.4 is 5.32 Å². The van der Waals surface area contributed by atoms with Gasteiger partial charge in [0.2, 0.25) is 15.9 Å². The smallest absolute Gasteiger partial charge is 0.234 e. The first kappa shape index (κ1) is 19.9. The van der Waals surface area contributed by atoms with Crippen molar-refractivity contribution in [1.82, 2.24) is 14.5 Å². The highest BCUT2D eigenvalue weighted by atomic mass is 32.2. The molecule has 0 saturated carbocycles. The van der Waals surface area contributed by atoms with Crippen LogP contribution in [0.2, 0.25) is 0 Å². The van der Waals surface area contributed by atoms with Crippen LogP contribution in [0.1, 0.15) is 25.8 Å². The number of piperazine rings is 1. The molecule has 25 heavy (non-hydrogen) atoms. The van der Waals surface area contributed by atoms with Crippen LogP contribution >= 0.6 is 0 Å². The average molecular weight is 368 g/mol. The summed E-state index contributed by atoms with van der Waals surface area (Å²) in [5.41, 5.74) is 0.800. The monoisotopic (exact) mass is 367 g/mol. The van der Waals surface area contributed by atoms with Gasteiger partial charge in [-0.05, 0) is 17.9 Å². The Kier molecular flexibility index (Phi) is 7.40. The lowest BCUT2D eigenvalue weighted by Gasteiger charge is -2.33. The van der Waals surface area contributed by atoms with Crippen molar-refractivity contribution < 1.29 is 13.2 Å². The highest BCUT2D eigenvalue weighted by Gasteiger charge is 2.27. The topological polar surface area (TPSA) is 69.7 Å². The molecule has 1 amide bonds. The van der Waals surface area contributed by atoms with Crippen molar-refractivity contribution in [2.75, 3.05) is 39.3 Å². The van der Waals surface area contributed by atoms with E-state index in [-0.39, 0.29) is 11.7 Å². The molecular formula is C18H29N3O3S. The molecule has 1 aromatic rings. The Bertz CT molecular complexity index is 639. The van der Waals surface area contributed by atoms with E-state index < -0.39 is 10.0 Å². The van der Waals surface area contributed by atoms with Crippen molar-refractivity contribution in [1.29, 1.82) is 0 Å². The van der Waals surface area contributed by atoms with Gasteiger partial charge in [0.1, 0.15) is 0 Å². The number of nitrogens with zero attached hydrogens (tertiary/aromatic N) is 2. The summed E-state index contributed by atoms with van der Waals surface area (Å²) < 4.78 is 26.6. The minimum absolute atomic E-state index is 0.0150. The van der Waals surface area contributed by atoms with Gasteiger partial charge in [0, 0.05) is 32.7 Å². The normalized spacial score (nSPS) is 16.9. The predicted octanol–water partition coefficient (Wildman–Crippen LogP) is 1.30. The zero-order valence-corrected chi connectivity index (χ0v) is 16.0. The summed E-state index contributed by atoms with van der Waals surface area (Å²) >= 11 is 0. The molecule has 140 valence electrons. The number of rotatable bonds is 8. The maximum absolute atomic E-state index is 12.5. The van der Waals surface area contributed by atoms with Gasteiger partial charge in [0.25, 0.3) is 0 Å². The Morgan fingerprint density at radius 2 is 1.76 bits per heavy atom. The second-order valence-corrected chi connectivity index (χ2v) is 8.92. The van der Waals surface area contributed by atoms with Gasteiger partial charge in [-0.25, -0.2) is 8.42 Å². The van der Waals surface area contributed by atoms with Crippen molar-refractivity contribution in [2.45, 2.75) is 26.0 Å². The van der Waals surface area contributed by atoms with Crippen LogP contribution in [0.15, 0.2) is 30.3 Å². The molecule has 1 N–H and O–H groups in total. The molecule has 0 spiro atoms. The summed E-state index contributed by atoms with van der Waals surface area (Å²) in [6.07, 6.45) is 0.969. The van der Waals surface area contributed by atoms with E-state index in [0.717, 1.165) is 12.0 Å². The molecule has 0 aliphatic carbocycles. The number of hydrogen-bond donors (Lipinski definition) is 1. The van der Waals surface area contributed by atoms with Crippen LogP contribution in [-0.2, 0) is 20.6 Å². The van der Waals surface area contributed by atoms with Crippen LogP contribution in [0, 0.1) is 5.92 Å². The number of carbonyl (C=O) groups excluding carboxylic acids is 1. The zero-order chi connectivity index (χ0) is 18.3. The van der Waals surface area contributed by atoms with E-state index in [1.165, 1.54) is 4.31 Å². The first-order chi connectivity index (χ1) is 11.9. The fourth-order valence-electron chi connectivity index (χ4n) is 2.80. The second kappa shape index (κ2) is 9.31. The lowest BCUT2D eigenvalue weighted by molar-refractivity contribution is -0.122. The Morgan fingerprint density at radius 3 is 2.36 bits per heavy atom. The first-order valence-electron chi connectivity index (χ1n) is 8.87. The van der Waals surface area contributed by atoms with Gasteiger partial charge in [-0.15, -0.1) is 0 Å². The second-order valence-electron chi connectivity index (χ2n) is 6.95. The van der Waals surface area contributed by atoms with Gasteiger partial charge in [0.05, 0.1) is 12.3 Å². The molecule has 6 nitrogen and oxygen atoms in total. The molecule has 1 saturated heterocycles. The molecule has 0 aromatic heterocycles. The SMILES string of the molecule is CC(C)CCNC(=O)CN1CCN(S(=O)(=O)Cc2ccccc2)CC1. The van der Waals surface area contributed by atoms with Gasteiger partial charge in [-0.2, -0.15) is 4.31 Å². The molecule has 2 rings (SSSR count). The van der Waals surface area contributed by atoms with Crippen molar-refractivity contribution in [3.63, 3.8) is 0 Å². The minimum Gasteiger partial charge on any atom is -0.355 e. The van der Waals surface area contributed by atoms with Crippen molar-refractivity contribution in [3.8, 4) is 0 Å². The van der Waals surface area contributed by atoms with Crippen LogP contribution in [-0.4, -0.2) is 62.8 Å². The number of nitrogens with one attached hydrogen (secondary N) is 1. The van der Waals surface area contributed by atoms with E-state index in [2.05, 4.69) is 19.2 Å². The molecule has 0 unspecified atom stereocenters. The van der Waals surface area contributed by atoms with Gasteiger partial charge in [-0.3, -0.25) is 9.69 Å². The molecular weight excluding hydrogens is 338 g/mol. The lowest BCUT2D eigenvalue weighted by Crippen LogP contribution is -2.51. The largest absolute Gasteiger partial charge is 0.355 e. The van der Waals surface area contributed by atoms with Crippen LogP contribution in [0.25, 0.3) is 0 Å². The van der Waals surface area contributed by atoms with Gasteiger partial charge < -0.3 is 5.32 Å². The van der Waals surface area contributed by atoms with E-state index in [9.17, 15) is 13.2 Å². The molecule has 0 radical (unpaired) electrons. The molecule has 1 heterocycles.